The number of carbonyl (C=O) groups is 1. The van der Waals surface area contributed by atoms with Crippen LogP contribution in [-0.2, 0) is 9.84 Å². The van der Waals surface area contributed by atoms with Gasteiger partial charge in [0.25, 0.3) is 0 Å². The number of rotatable bonds is 6. The summed E-state index contributed by atoms with van der Waals surface area (Å²) in [6.45, 7) is 7.19. The van der Waals surface area contributed by atoms with Gasteiger partial charge in [0.1, 0.15) is 11.5 Å². The summed E-state index contributed by atoms with van der Waals surface area (Å²) in [5.74, 6) is -0.504. The van der Waals surface area contributed by atoms with Crippen molar-refractivity contribution >= 4 is 15.6 Å². The average Bonchev–Trinajstić information content (AvgIpc) is 2.36. The number of ketones is 1. The lowest BCUT2D eigenvalue weighted by Gasteiger charge is -2.16. The van der Waals surface area contributed by atoms with E-state index in [1.54, 1.807) is 25.1 Å². The highest BCUT2D eigenvalue weighted by Gasteiger charge is 2.28. The van der Waals surface area contributed by atoms with Crippen molar-refractivity contribution in [1.82, 2.24) is 0 Å². The number of sulfone groups is 1. The first-order valence-corrected chi connectivity index (χ1v) is 8.30. The quantitative estimate of drug-likeness (QED) is 0.758. The van der Waals surface area contributed by atoms with Gasteiger partial charge in [-0.3, -0.25) is 4.79 Å². The van der Waals surface area contributed by atoms with Crippen LogP contribution >= 0.6 is 0 Å². The average molecular weight is 298 g/mol. The second-order valence-corrected chi connectivity index (χ2v) is 7.74. The van der Waals surface area contributed by atoms with Crippen LogP contribution in [0.3, 0.4) is 0 Å². The molecular formula is C15H22O4S. The summed E-state index contributed by atoms with van der Waals surface area (Å²) >= 11 is 0. The molecule has 1 atom stereocenters. The van der Waals surface area contributed by atoms with Crippen molar-refractivity contribution in [2.75, 3.05) is 12.9 Å². The Hall–Kier alpha value is -1.36. The summed E-state index contributed by atoms with van der Waals surface area (Å²) in [4.78, 5) is 12.2. The first-order valence-electron chi connectivity index (χ1n) is 6.58. The summed E-state index contributed by atoms with van der Waals surface area (Å²) in [5, 5.41) is -0.539. The lowest BCUT2D eigenvalue weighted by atomic mass is 10.1. The van der Waals surface area contributed by atoms with Crippen molar-refractivity contribution in [2.45, 2.75) is 32.9 Å². The van der Waals surface area contributed by atoms with Gasteiger partial charge in [-0.1, -0.05) is 19.9 Å². The van der Waals surface area contributed by atoms with E-state index in [0.717, 1.165) is 5.56 Å². The van der Waals surface area contributed by atoms with Crippen molar-refractivity contribution in [3.63, 3.8) is 0 Å². The van der Waals surface area contributed by atoms with Gasteiger partial charge >= 0.3 is 0 Å². The molecule has 0 aliphatic rings. The fourth-order valence-corrected chi connectivity index (χ4v) is 3.45. The van der Waals surface area contributed by atoms with Gasteiger partial charge in [-0.2, -0.15) is 0 Å². The molecule has 0 spiro atoms. The summed E-state index contributed by atoms with van der Waals surface area (Å²) in [7, 11) is -1.98. The van der Waals surface area contributed by atoms with Gasteiger partial charge in [0, 0.05) is 0 Å². The smallest absolute Gasteiger partial charge is 0.181 e. The molecular weight excluding hydrogens is 276 g/mol. The van der Waals surface area contributed by atoms with Crippen LogP contribution in [0.2, 0.25) is 0 Å². The molecule has 1 aromatic carbocycles. The summed E-state index contributed by atoms with van der Waals surface area (Å²) in [6, 6.07) is 5.12. The van der Waals surface area contributed by atoms with E-state index in [1.165, 1.54) is 7.11 Å². The van der Waals surface area contributed by atoms with Crippen molar-refractivity contribution in [3.05, 3.63) is 29.3 Å². The second-order valence-electron chi connectivity index (χ2n) is 5.38. The third-order valence-corrected chi connectivity index (χ3v) is 5.84. The summed E-state index contributed by atoms with van der Waals surface area (Å²) in [5.41, 5.74) is 1.27. The molecule has 1 unspecified atom stereocenters. The maximum Gasteiger partial charge on any atom is 0.181 e. The number of benzene rings is 1. The van der Waals surface area contributed by atoms with Crippen molar-refractivity contribution in [2.24, 2.45) is 5.92 Å². The van der Waals surface area contributed by atoms with Crippen LogP contribution in [0.25, 0.3) is 0 Å². The Bertz CT molecular complexity index is 588. The molecule has 1 rings (SSSR count). The lowest BCUT2D eigenvalue weighted by molar-refractivity contribution is 0.101. The van der Waals surface area contributed by atoms with Crippen LogP contribution in [0, 0.1) is 12.8 Å². The van der Waals surface area contributed by atoms with Gasteiger partial charge in [-0.15, -0.1) is 0 Å². The highest BCUT2D eigenvalue weighted by atomic mass is 32.2. The number of methoxy groups -OCH3 is 1. The zero-order valence-corrected chi connectivity index (χ0v) is 13.5. The molecule has 112 valence electrons. The minimum absolute atomic E-state index is 0.0206. The minimum Gasteiger partial charge on any atom is -0.496 e. The second kappa shape index (κ2) is 6.39. The molecule has 0 saturated heterocycles. The molecule has 0 fully saturated rings. The molecule has 20 heavy (non-hydrogen) atoms. The molecule has 0 radical (unpaired) electrons. The Morgan fingerprint density at radius 2 is 1.85 bits per heavy atom. The molecule has 0 N–H and O–H groups in total. The van der Waals surface area contributed by atoms with E-state index < -0.39 is 26.6 Å². The van der Waals surface area contributed by atoms with E-state index in [2.05, 4.69) is 0 Å². The van der Waals surface area contributed by atoms with Crippen molar-refractivity contribution in [1.29, 1.82) is 0 Å². The number of hydrogen-bond acceptors (Lipinski definition) is 4. The Morgan fingerprint density at radius 1 is 1.25 bits per heavy atom. The normalized spacial score (nSPS) is 13.3. The molecule has 0 heterocycles. The molecule has 0 aliphatic carbocycles. The van der Waals surface area contributed by atoms with Crippen molar-refractivity contribution < 1.29 is 17.9 Å². The van der Waals surface area contributed by atoms with E-state index in [-0.39, 0.29) is 5.92 Å². The third-order valence-electron chi connectivity index (χ3n) is 3.49. The third kappa shape index (κ3) is 3.82. The predicted molar refractivity (Wildman–Crippen MR) is 80.1 cm³/mol. The topological polar surface area (TPSA) is 60.4 Å². The molecule has 0 saturated carbocycles. The largest absolute Gasteiger partial charge is 0.496 e. The zero-order valence-electron chi connectivity index (χ0n) is 12.6. The Labute approximate surface area is 121 Å². The van der Waals surface area contributed by atoms with E-state index in [4.69, 9.17) is 4.74 Å². The summed E-state index contributed by atoms with van der Waals surface area (Å²) < 4.78 is 29.5. The van der Waals surface area contributed by atoms with Crippen LogP contribution in [-0.4, -0.2) is 32.3 Å². The number of hydrogen-bond donors (Lipinski definition) is 0. The number of ether oxygens (including phenoxy) is 1. The van der Waals surface area contributed by atoms with Gasteiger partial charge in [-0.25, -0.2) is 8.42 Å². The van der Waals surface area contributed by atoms with Crippen LogP contribution in [0.4, 0.5) is 0 Å². The highest BCUT2D eigenvalue weighted by Crippen LogP contribution is 2.22. The highest BCUT2D eigenvalue weighted by molar-refractivity contribution is 7.92. The predicted octanol–water partition coefficient (Wildman–Crippen LogP) is 2.65. The van der Waals surface area contributed by atoms with Crippen molar-refractivity contribution in [3.8, 4) is 5.75 Å². The molecule has 0 amide bonds. The van der Waals surface area contributed by atoms with Crippen LogP contribution in [0.15, 0.2) is 18.2 Å². The zero-order chi connectivity index (χ0) is 15.5. The van der Waals surface area contributed by atoms with Gasteiger partial charge in [0.2, 0.25) is 0 Å². The number of aryl methyl sites for hydroxylation is 1. The van der Waals surface area contributed by atoms with Crippen LogP contribution in [0.5, 0.6) is 5.75 Å². The standard InChI is InChI=1S/C15H22O4S/c1-10(2)12(4)20(17,18)9-14(16)13-7-6-11(3)8-15(13)19-5/h6-8,10,12H,9H2,1-5H3. The minimum atomic E-state index is -3.45. The molecule has 0 aromatic heterocycles. The monoisotopic (exact) mass is 298 g/mol. The molecule has 0 bridgehead atoms. The summed E-state index contributed by atoms with van der Waals surface area (Å²) in [6.07, 6.45) is 0. The lowest BCUT2D eigenvalue weighted by Crippen LogP contribution is -2.29. The number of Topliss-reactive ketones (excluding diaryl/α,β-unsaturated/α-hetero) is 1. The SMILES string of the molecule is COc1cc(C)ccc1C(=O)CS(=O)(=O)C(C)C(C)C. The maximum absolute atomic E-state index is 12.2. The molecule has 1 aromatic rings. The van der Waals surface area contributed by atoms with Crippen LogP contribution in [0.1, 0.15) is 36.7 Å². The van der Waals surface area contributed by atoms with E-state index in [9.17, 15) is 13.2 Å². The molecule has 5 heteroatoms. The van der Waals surface area contributed by atoms with E-state index >= 15 is 0 Å². The fourth-order valence-electron chi connectivity index (χ4n) is 1.84. The van der Waals surface area contributed by atoms with Gasteiger partial charge in [0.15, 0.2) is 15.6 Å². The fraction of sp³-hybridized carbons (Fsp3) is 0.533. The van der Waals surface area contributed by atoms with Gasteiger partial charge < -0.3 is 4.74 Å². The Balaban J connectivity index is 3.03. The Kier molecular flexibility index (Phi) is 5.34. The molecule has 0 aliphatic heterocycles. The first-order chi connectivity index (χ1) is 9.19. The van der Waals surface area contributed by atoms with Gasteiger partial charge in [-0.05, 0) is 37.5 Å². The van der Waals surface area contributed by atoms with Crippen LogP contribution < -0.4 is 4.74 Å². The van der Waals surface area contributed by atoms with E-state index in [0.29, 0.717) is 11.3 Å². The first kappa shape index (κ1) is 16.7. The number of carbonyl (C=O) groups excluding carboxylic acids is 1. The van der Waals surface area contributed by atoms with Gasteiger partial charge in [0.05, 0.1) is 17.9 Å². The van der Waals surface area contributed by atoms with E-state index in [1.807, 2.05) is 20.8 Å². The molecule has 4 nitrogen and oxygen atoms in total. The maximum atomic E-state index is 12.2. The Morgan fingerprint density at radius 3 is 2.35 bits per heavy atom.